The van der Waals surface area contributed by atoms with Gasteiger partial charge in [-0.15, -0.1) is 0 Å². The lowest BCUT2D eigenvalue weighted by molar-refractivity contribution is -0.164. The molecule has 2 heterocycles. The Morgan fingerprint density at radius 1 is 0.956 bits per heavy atom. The molecule has 45 heavy (non-hydrogen) atoms. The molecule has 3 fully saturated rings. The van der Waals surface area contributed by atoms with Crippen LogP contribution in [-0.2, 0) is 16.6 Å². The van der Waals surface area contributed by atoms with Crippen molar-refractivity contribution in [1.82, 2.24) is 15.2 Å². The van der Waals surface area contributed by atoms with Gasteiger partial charge in [-0.3, -0.25) is 14.9 Å². The van der Waals surface area contributed by atoms with Gasteiger partial charge in [-0.05, 0) is 120 Å². The van der Waals surface area contributed by atoms with E-state index in [1.165, 1.54) is 40.5 Å². The smallest absolute Gasteiger partial charge is 0.310 e. The first kappa shape index (κ1) is 29.3. The molecule has 238 valence electrons. The Hall–Kier alpha value is -3.15. The van der Waals surface area contributed by atoms with Crippen molar-refractivity contribution >= 4 is 28.1 Å². The number of rotatable bonds is 2. The van der Waals surface area contributed by atoms with Gasteiger partial charge in [-0.2, -0.15) is 5.10 Å². The zero-order chi connectivity index (χ0) is 31.7. The van der Waals surface area contributed by atoms with E-state index in [1.807, 2.05) is 12.4 Å². The van der Waals surface area contributed by atoms with Crippen LogP contribution in [0, 0.1) is 45.3 Å². The van der Waals surface area contributed by atoms with E-state index >= 15 is 0 Å². The number of carboxylic acids is 1. The Morgan fingerprint density at radius 3 is 2.53 bits per heavy atom. The lowest BCUT2D eigenvalue weighted by Crippen LogP contribution is -2.62. The third-order valence-electron chi connectivity index (χ3n) is 14.6. The molecule has 4 N–H and O–H groups in total. The predicted molar refractivity (Wildman–Crippen MR) is 179 cm³/mol. The van der Waals surface area contributed by atoms with Gasteiger partial charge in [0.15, 0.2) is 0 Å². The number of aromatic nitrogens is 3. The molecule has 4 unspecified atom stereocenters. The third-order valence-corrected chi connectivity index (χ3v) is 14.6. The number of nitrogens with zero attached hydrogens (tertiary/aromatic N) is 2. The molecular formula is C39H50N4O2. The first-order valence-corrected chi connectivity index (χ1v) is 17.4. The van der Waals surface area contributed by atoms with Crippen LogP contribution in [0.15, 0.2) is 42.2 Å². The van der Waals surface area contributed by atoms with Crippen LogP contribution in [0.1, 0.15) is 110 Å². The summed E-state index contributed by atoms with van der Waals surface area (Å²) >= 11 is 0. The molecule has 3 aromatic rings. The van der Waals surface area contributed by atoms with Crippen LogP contribution in [0.3, 0.4) is 0 Å². The van der Waals surface area contributed by atoms with Crippen LogP contribution < -0.4 is 5.73 Å². The minimum absolute atomic E-state index is 0.0393. The molecule has 5 aliphatic carbocycles. The molecule has 1 aromatic carbocycles. The second kappa shape index (κ2) is 9.23. The molecule has 8 rings (SSSR count). The molecule has 0 spiro atoms. The van der Waals surface area contributed by atoms with Gasteiger partial charge in [0.05, 0.1) is 11.1 Å². The van der Waals surface area contributed by atoms with E-state index in [-0.39, 0.29) is 27.6 Å². The number of hydrogen-bond acceptors (Lipinski definition) is 4. The predicted octanol–water partition coefficient (Wildman–Crippen LogP) is 8.58. The van der Waals surface area contributed by atoms with Crippen molar-refractivity contribution in [2.75, 3.05) is 5.73 Å². The highest BCUT2D eigenvalue weighted by molar-refractivity contribution is 5.95. The number of H-pyrrole nitrogens is 1. The summed E-state index contributed by atoms with van der Waals surface area (Å²) in [6.07, 6.45) is 12.6. The zero-order valence-corrected chi connectivity index (χ0v) is 28.0. The van der Waals surface area contributed by atoms with Crippen molar-refractivity contribution in [3.05, 3.63) is 59.1 Å². The quantitative estimate of drug-likeness (QED) is 0.271. The van der Waals surface area contributed by atoms with Crippen LogP contribution in [0.4, 0.5) is 5.82 Å². The summed E-state index contributed by atoms with van der Waals surface area (Å²) in [4.78, 5) is 17.9. The molecule has 0 saturated heterocycles. The minimum Gasteiger partial charge on any atom is -0.481 e. The lowest BCUT2D eigenvalue weighted by Gasteiger charge is -2.67. The number of carboxylic acid groups (broad SMARTS) is 1. The fourth-order valence-corrected chi connectivity index (χ4v) is 12.4. The molecule has 0 amide bonds. The van der Waals surface area contributed by atoms with E-state index in [0.29, 0.717) is 17.8 Å². The Morgan fingerprint density at radius 2 is 1.76 bits per heavy atom. The third kappa shape index (κ3) is 3.77. The van der Waals surface area contributed by atoms with Gasteiger partial charge in [0, 0.05) is 28.8 Å². The van der Waals surface area contributed by atoms with E-state index in [4.69, 9.17) is 10.8 Å². The highest BCUT2D eigenvalue weighted by atomic mass is 16.4. The number of nitrogens with one attached hydrogen (secondary N) is 1. The van der Waals surface area contributed by atoms with Gasteiger partial charge >= 0.3 is 5.97 Å². The van der Waals surface area contributed by atoms with E-state index in [9.17, 15) is 9.90 Å². The van der Waals surface area contributed by atoms with Gasteiger partial charge in [-0.25, -0.2) is 0 Å². The monoisotopic (exact) mass is 606 g/mol. The van der Waals surface area contributed by atoms with Crippen LogP contribution in [0.2, 0.25) is 0 Å². The maximum Gasteiger partial charge on any atom is 0.310 e. The number of anilines is 1. The Kier molecular flexibility index (Phi) is 6.00. The zero-order valence-electron chi connectivity index (χ0n) is 28.0. The maximum atomic E-state index is 13.4. The van der Waals surface area contributed by atoms with Crippen molar-refractivity contribution in [3.8, 4) is 0 Å². The fourth-order valence-electron chi connectivity index (χ4n) is 12.4. The molecule has 0 aliphatic heterocycles. The Balaban J connectivity index is 1.39. The van der Waals surface area contributed by atoms with Crippen LogP contribution in [-0.4, -0.2) is 26.3 Å². The summed E-state index contributed by atoms with van der Waals surface area (Å²) in [7, 11) is 0. The number of nitrogens with two attached hydrogens (primary N) is 1. The van der Waals surface area contributed by atoms with Gasteiger partial charge in [0.2, 0.25) is 0 Å². The molecule has 2 aromatic heterocycles. The maximum absolute atomic E-state index is 13.4. The molecule has 6 heteroatoms. The van der Waals surface area contributed by atoms with Crippen LogP contribution in [0.25, 0.3) is 16.3 Å². The number of pyridine rings is 1. The van der Waals surface area contributed by atoms with E-state index < -0.39 is 11.4 Å². The van der Waals surface area contributed by atoms with E-state index in [2.05, 4.69) is 75.9 Å². The first-order chi connectivity index (χ1) is 21.2. The highest BCUT2D eigenvalue weighted by Crippen LogP contribution is 2.73. The van der Waals surface area contributed by atoms with Crippen molar-refractivity contribution in [2.24, 2.45) is 45.3 Å². The van der Waals surface area contributed by atoms with Crippen molar-refractivity contribution in [2.45, 2.75) is 105 Å². The molecule has 3 saturated carbocycles. The summed E-state index contributed by atoms with van der Waals surface area (Å²) in [5.41, 5.74) is 12.7. The number of nitrogen functional groups attached to an aromatic ring is 1. The van der Waals surface area contributed by atoms with Gasteiger partial charge in [0.1, 0.15) is 5.82 Å². The van der Waals surface area contributed by atoms with Gasteiger partial charge < -0.3 is 10.8 Å². The number of hydrogen-bond donors (Lipinski definition) is 3. The molecule has 0 radical (unpaired) electrons. The Labute approximate surface area is 267 Å². The summed E-state index contributed by atoms with van der Waals surface area (Å²) in [5, 5.41) is 21.3. The number of allylic oxidation sites excluding steroid dienone is 2. The summed E-state index contributed by atoms with van der Waals surface area (Å²) in [5.74, 6) is 1.53. The summed E-state index contributed by atoms with van der Waals surface area (Å²) in [6.45, 7) is 14.7. The van der Waals surface area contributed by atoms with Crippen LogP contribution in [0.5, 0.6) is 0 Å². The van der Waals surface area contributed by atoms with Gasteiger partial charge in [0.25, 0.3) is 0 Å². The second-order valence-electron chi connectivity index (χ2n) is 17.5. The Bertz CT molecular complexity index is 1760. The standard InChI is InChI=1S/C39H50N4O2/c1-35(2)15-16-39(34(44)45)14-10-27-31(28(39)20-35)25(24-9-7-8-22-21-41-17-12-23(22)24)18-30-37(27,5)13-11-29-36(3,4)32-26(19-38(29,30)6)33(40)43-42-32/h7-9,12,17,21,27-30H,10-11,13-16,18-20H2,1-6H3,(H,44,45)(H3,40,42,43)/t27?,28?,29?,30?,37-,38-,39+/m0/s1. The van der Waals surface area contributed by atoms with E-state index in [1.54, 1.807) is 0 Å². The average Bonchev–Trinajstić information content (AvgIpc) is 3.36. The van der Waals surface area contributed by atoms with Gasteiger partial charge in [-0.1, -0.05) is 65.3 Å². The first-order valence-electron chi connectivity index (χ1n) is 17.4. The van der Waals surface area contributed by atoms with Crippen LogP contribution >= 0.6 is 0 Å². The largest absolute Gasteiger partial charge is 0.481 e. The molecule has 5 aliphatic rings. The molecule has 0 bridgehead atoms. The van der Waals surface area contributed by atoms with Crippen molar-refractivity contribution < 1.29 is 9.90 Å². The summed E-state index contributed by atoms with van der Waals surface area (Å²) < 4.78 is 0. The fraction of sp³-hybridized carbons (Fsp3) is 0.615. The minimum atomic E-state index is -0.671. The second-order valence-corrected chi connectivity index (χ2v) is 17.5. The number of carbonyl (C=O) groups is 1. The number of benzene rings is 1. The normalized spacial score (nSPS) is 38.0. The molecule has 6 nitrogen and oxygen atoms in total. The molecule has 7 atom stereocenters. The van der Waals surface area contributed by atoms with E-state index in [0.717, 1.165) is 61.8 Å². The van der Waals surface area contributed by atoms with Crippen molar-refractivity contribution in [3.63, 3.8) is 0 Å². The average molecular weight is 607 g/mol. The highest BCUT2D eigenvalue weighted by Gasteiger charge is 2.67. The SMILES string of the molecule is CC1(C)CC[C@]2(C(=O)O)CCC3C(=C(c4cccc5cnccc45)CC4[C@@]3(C)CCC3C(C)(C)c5n[nH]c(N)c5C[C@@]34C)C2C1. The number of aromatic amines is 1. The number of aliphatic carboxylic acids is 1. The topological polar surface area (TPSA) is 105 Å². The summed E-state index contributed by atoms with van der Waals surface area (Å²) in [6, 6.07) is 8.83. The molecular weight excluding hydrogens is 556 g/mol. The van der Waals surface area contributed by atoms with Crippen molar-refractivity contribution in [1.29, 1.82) is 0 Å². The lowest BCUT2D eigenvalue weighted by atomic mass is 9.36. The number of fused-ring (bicyclic) bond motifs is 9.